The van der Waals surface area contributed by atoms with Crippen molar-refractivity contribution in [2.45, 2.75) is 26.7 Å². The second-order valence-electron chi connectivity index (χ2n) is 5.86. The number of aliphatic carboxylic acids is 1. The molecule has 4 nitrogen and oxygen atoms in total. The highest BCUT2D eigenvalue weighted by atomic mass is 35.5. The van der Waals surface area contributed by atoms with Crippen LogP contribution in [0.4, 0.5) is 0 Å². The van der Waals surface area contributed by atoms with Gasteiger partial charge in [0.2, 0.25) is 0 Å². The number of aromatic nitrogens is 1. The van der Waals surface area contributed by atoms with E-state index in [9.17, 15) is 9.90 Å². The van der Waals surface area contributed by atoms with Gasteiger partial charge in [0, 0.05) is 21.5 Å². The van der Waals surface area contributed by atoms with Gasteiger partial charge < -0.3 is 14.8 Å². The number of halogens is 1. The van der Waals surface area contributed by atoms with E-state index in [1.54, 1.807) is 6.07 Å². The van der Waals surface area contributed by atoms with Crippen LogP contribution in [-0.2, 0) is 17.6 Å². The van der Waals surface area contributed by atoms with Gasteiger partial charge in [-0.2, -0.15) is 0 Å². The normalized spacial score (nSPS) is 11.0. The third-order valence-corrected chi connectivity index (χ3v) is 4.45. The molecule has 1 aromatic heterocycles. The Hall–Kier alpha value is -2.46. The lowest BCUT2D eigenvalue weighted by atomic mass is 10.0. The maximum atomic E-state index is 11.5. The lowest BCUT2D eigenvalue weighted by molar-refractivity contribution is -0.136. The first kappa shape index (κ1) is 17.4. The molecule has 0 aliphatic heterocycles. The summed E-state index contributed by atoms with van der Waals surface area (Å²) in [6.45, 7) is 4.51. The van der Waals surface area contributed by atoms with Gasteiger partial charge in [-0.1, -0.05) is 24.6 Å². The molecular formula is C20H20ClNO3. The quantitative estimate of drug-likeness (QED) is 0.646. The van der Waals surface area contributed by atoms with Gasteiger partial charge in [-0.3, -0.25) is 4.79 Å². The summed E-state index contributed by atoms with van der Waals surface area (Å²) in [5, 5.41) is 10.9. The molecule has 5 heteroatoms. The molecule has 0 amide bonds. The first-order chi connectivity index (χ1) is 12.0. The monoisotopic (exact) mass is 357 g/mol. The van der Waals surface area contributed by atoms with Crippen molar-refractivity contribution < 1.29 is 14.6 Å². The topological polar surface area (TPSA) is 62.3 Å². The molecule has 0 saturated carbocycles. The summed E-state index contributed by atoms with van der Waals surface area (Å²) < 4.78 is 5.72. The van der Waals surface area contributed by atoms with E-state index in [4.69, 9.17) is 16.3 Å². The lowest BCUT2D eigenvalue weighted by Gasteiger charge is -2.11. The molecule has 0 spiro atoms. The van der Waals surface area contributed by atoms with Crippen molar-refractivity contribution in [3.8, 4) is 17.0 Å². The maximum Gasteiger partial charge on any atom is 0.307 e. The van der Waals surface area contributed by atoms with Gasteiger partial charge in [0.1, 0.15) is 5.75 Å². The summed E-state index contributed by atoms with van der Waals surface area (Å²) >= 11 is 6.19. The predicted molar refractivity (Wildman–Crippen MR) is 101 cm³/mol. The Kier molecular flexibility index (Phi) is 5.00. The molecule has 25 heavy (non-hydrogen) atoms. The SMILES string of the molecule is CCOc1ccc(Cl)cc1-c1[nH]c2ccc(CC)cc2c1CC(=O)O. The molecule has 0 aliphatic rings. The highest BCUT2D eigenvalue weighted by Gasteiger charge is 2.19. The van der Waals surface area contributed by atoms with Crippen LogP contribution in [0.5, 0.6) is 5.75 Å². The number of H-pyrrole nitrogens is 1. The van der Waals surface area contributed by atoms with E-state index in [2.05, 4.69) is 24.0 Å². The molecule has 3 aromatic rings. The number of aryl methyl sites for hydroxylation is 1. The predicted octanol–water partition coefficient (Wildman–Crippen LogP) is 5.08. The molecule has 0 unspecified atom stereocenters. The van der Waals surface area contributed by atoms with Gasteiger partial charge >= 0.3 is 5.97 Å². The summed E-state index contributed by atoms with van der Waals surface area (Å²) in [4.78, 5) is 14.8. The number of carboxylic acids is 1. The van der Waals surface area contributed by atoms with E-state index >= 15 is 0 Å². The molecule has 0 aliphatic carbocycles. The standard InChI is InChI=1S/C20H20ClNO3/c1-3-12-5-7-17-14(9-12)15(11-19(23)24)20(22-17)16-10-13(21)6-8-18(16)25-4-2/h5-10,22H,3-4,11H2,1-2H3,(H,23,24). The fourth-order valence-corrected chi connectivity index (χ4v) is 3.23. The maximum absolute atomic E-state index is 11.5. The molecular weight excluding hydrogens is 338 g/mol. The Labute approximate surface area is 151 Å². The van der Waals surface area contributed by atoms with Crippen LogP contribution in [0.3, 0.4) is 0 Å². The Bertz CT molecular complexity index is 930. The largest absolute Gasteiger partial charge is 0.493 e. The average Bonchev–Trinajstić information content (AvgIpc) is 2.93. The zero-order chi connectivity index (χ0) is 18.0. The zero-order valence-corrected chi connectivity index (χ0v) is 15.0. The van der Waals surface area contributed by atoms with Crippen molar-refractivity contribution in [2.75, 3.05) is 6.61 Å². The molecule has 2 N–H and O–H groups in total. The molecule has 0 atom stereocenters. The summed E-state index contributed by atoms with van der Waals surface area (Å²) in [5.41, 5.74) is 4.35. The van der Waals surface area contributed by atoms with Gasteiger partial charge in [-0.15, -0.1) is 0 Å². The first-order valence-electron chi connectivity index (χ1n) is 8.31. The van der Waals surface area contributed by atoms with Crippen LogP contribution in [0.2, 0.25) is 5.02 Å². The number of hydrogen-bond acceptors (Lipinski definition) is 2. The number of fused-ring (bicyclic) bond motifs is 1. The average molecular weight is 358 g/mol. The fourth-order valence-electron chi connectivity index (χ4n) is 3.06. The second-order valence-corrected chi connectivity index (χ2v) is 6.29. The first-order valence-corrected chi connectivity index (χ1v) is 8.69. The Morgan fingerprint density at radius 1 is 1.20 bits per heavy atom. The molecule has 0 radical (unpaired) electrons. The van der Waals surface area contributed by atoms with Crippen molar-refractivity contribution in [3.63, 3.8) is 0 Å². The Morgan fingerprint density at radius 3 is 2.68 bits per heavy atom. The van der Waals surface area contributed by atoms with Crippen molar-refractivity contribution in [3.05, 3.63) is 52.5 Å². The summed E-state index contributed by atoms with van der Waals surface area (Å²) in [5.74, 6) is -0.190. The number of carbonyl (C=O) groups is 1. The van der Waals surface area contributed by atoms with Crippen LogP contribution in [0, 0.1) is 0 Å². The van der Waals surface area contributed by atoms with Gasteiger partial charge in [0.25, 0.3) is 0 Å². The van der Waals surface area contributed by atoms with Crippen molar-refractivity contribution in [2.24, 2.45) is 0 Å². The lowest BCUT2D eigenvalue weighted by Crippen LogP contribution is -2.02. The summed E-state index contributed by atoms with van der Waals surface area (Å²) in [7, 11) is 0. The van der Waals surface area contributed by atoms with Gasteiger partial charge in [-0.05, 0) is 54.8 Å². The van der Waals surface area contributed by atoms with Crippen molar-refractivity contribution in [1.29, 1.82) is 0 Å². The number of hydrogen-bond donors (Lipinski definition) is 2. The van der Waals surface area contributed by atoms with Crippen LogP contribution in [0.15, 0.2) is 36.4 Å². The van der Waals surface area contributed by atoms with Crippen LogP contribution >= 0.6 is 11.6 Å². The second kappa shape index (κ2) is 7.19. The number of rotatable bonds is 6. The van der Waals surface area contributed by atoms with Crippen molar-refractivity contribution >= 4 is 28.5 Å². The number of carboxylic acid groups (broad SMARTS) is 1. The number of benzene rings is 2. The van der Waals surface area contributed by atoms with Crippen LogP contribution in [0.25, 0.3) is 22.2 Å². The van der Waals surface area contributed by atoms with Crippen LogP contribution in [-0.4, -0.2) is 22.7 Å². The van der Waals surface area contributed by atoms with Gasteiger partial charge in [0.05, 0.1) is 18.7 Å². The van der Waals surface area contributed by atoms with E-state index in [1.165, 1.54) is 5.56 Å². The Balaban J connectivity index is 2.28. The minimum atomic E-state index is -0.871. The van der Waals surface area contributed by atoms with E-state index in [0.29, 0.717) is 17.4 Å². The molecule has 3 rings (SSSR count). The third kappa shape index (κ3) is 3.49. The Morgan fingerprint density at radius 2 is 2.00 bits per heavy atom. The minimum absolute atomic E-state index is 0.0689. The molecule has 0 bridgehead atoms. The van der Waals surface area contributed by atoms with Gasteiger partial charge in [0.15, 0.2) is 0 Å². The van der Waals surface area contributed by atoms with E-state index < -0.39 is 5.97 Å². The van der Waals surface area contributed by atoms with E-state index in [0.717, 1.165) is 34.1 Å². The number of aromatic amines is 1. The molecule has 0 fully saturated rings. The molecule has 0 saturated heterocycles. The fraction of sp³-hybridized carbons (Fsp3) is 0.250. The number of ether oxygens (including phenoxy) is 1. The molecule has 2 aromatic carbocycles. The number of nitrogens with one attached hydrogen (secondary N) is 1. The highest BCUT2D eigenvalue weighted by molar-refractivity contribution is 6.31. The highest BCUT2D eigenvalue weighted by Crippen LogP contribution is 2.38. The molecule has 1 heterocycles. The van der Waals surface area contributed by atoms with Gasteiger partial charge in [-0.25, -0.2) is 0 Å². The molecule has 130 valence electrons. The zero-order valence-electron chi connectivity index (χ0n) is 14.2. The smallest absolute Gasteiger partial charge is 0.307 e. The van der Waals surface area contributed by atoms with Crippen LogP contribution < -0.4 is 4.74 Å². The third-order valence-electron chi connectivity index (χ3n) is 4.22. The van der Waals surface area contributed by atoms with E-state index in [-0.39, 0.29) is 6.42 Å². The van der Waals surface area contributed by atoms with Crippen molar-refractivity contribution in [1.82, 2.24) is 4.98 Å². The minimum Gasteiger partial charge on any atom is -0.493 e. The summed E-state index contributed by atoms with van der Waals surface area (Å²) in [6.07, 6.45) is 0.824. The van der Waals surface area contributed by atoms with E-state index in [1.807, 2.05) is 25.1 Å². The summed E-state index contributed by atoms with van der Waals surface area (Å²) in [6, 6.07) is 11.5. The van der Waals surface area contributed by atoms with Crippen LogP contribution in [0.1, 0.15) is 25.0 Å².